The SMILES string of the molecule is CCC1CC(Nc2ccc(-c3ccccc3)cc2)CCO1. The van der Waals surface area contributed by atoms with E-state index in [-0.39, 0.29) is 0 Å². The summed E-state index contributed by atoms with van der Waals surface area (Å²) in [6.45, 7) is 3.07. The van der Waals surface area contributed by atoms with E-state index >= 15 is 0 Å². The number of anilines is 1. The zero-order valence-corrected chi connectivity index (χ0v) is 12.6. The third-order valence-electron chi connectivity index (χ3n) is 4.19. The summed E-state index contributed by atoms with van der Waals surface area (Å²) in [5.74, 6) is 0. The summed E-state index contributed by atoms with van der Waals surface area (Å²) < 4.78 is 5.73. The van der Waals surface area contributed by atoms with Crippen molar-refractivity contribution in [3.63, 3.8) is 0 Å². The first-order chi connectivity index (χ1) is 10.3. The maximum atomic E-state index is 5.73. The van der Waals surface area contributed by atoms with Crippen molar-refractivity contribution < 1.29 is 4.74 Å². The quantitative estimate of drug-likeness (QED) is 0.875. The van der Waals surface area contributed by atoms with Gasteiger partial charge in [0.2, 0.25) is 0 Å². The van der Waals surface area contributed by atoms with Crippen molar-refractivity contribution in [2.45, 2.75) is 38.3 Å². The van der Waals surface area contributed by atoms with Gasteiger partial charge in [0.1, 0.15) is 0 Å². The van der Waals surface area contributed by atoms with Crippen LogP contribution in [0, 0.1) is 0 Å². The standard InChI is InChI=1S/C19H23NO/c1-2-19-14-18(12-13-21-19)20-17-10-8-16(9-11-17)15-6-4-3-5-7-15/h3-11,18-20H,2,12-14H2,1H3. The van der Waals surface area contributed by atoms with Crippen LogP contribution in [0.1, 0.15) is 26.2 Å². The van der Waals surface area contributed by atoms with Crippen molar-refractivity contribution in [3.05, 3.63) is 54.6 Å². The normalized spacial score (nSPS) is 22.0. The number of benzene rings is 2. The van der Waals surface area contributed by atoms with E-state index in [2.05, 4.69) is 66.8 Å². The molecule has 2 atom stereocenters. The molecule has 0 bridgehead atoms. The first-order valence-electron chi connectivity index (χ1n) is 7.89. The minimum Gasteiger partial charge on any atom is -0.382 e. The number of nitrogens with one attached hydrogen (secondary N) is 1. The molecule has 2 nitrogen and oxygen atoms in total. The molecule has 1 saturated heterocycles. The van der Waals surface area contributed by atoms with Crippen molar-refractivity contribution in [1.82, 2.24) is 0 Å². The van der Waals surface area contributed by atoms with Crippen LogP contribution in [0.2, 0.25) is 0 Å². The van der Waals surface area contributed by atoms with Gasteiger partial charge in [0.05, 0.1) is 6.10 Å². The van der Waals surface area contributed by atoms with E-state index in [1.54, 1.807) is 0 Å². The summed E-state index contributed by atoms with van der Waals surface area (Å²) in [5.41, 5.74) is 3.73. The van der Waals surface area contributed by atoms with E-state index in [4.69, 9.17) is 4.74 Å². The third kappa shape index (κ3) is 3.64. The van der Waals surface area contributed by atoms with Gasteiger partial charge in [-0.05, 0) is 42.5 Å². The minimum absolute atomic E-state index is 0.417. The highest BCUT2D eigenvalue weighted by Crippen LogP contribution is 2.24. The summed E-state index contributed by atoms with van der Waals surface area (Å²) in [6.07, 6.45) is 3.72. The molecule has 2 heteroatoms. The lowest BCUT2D eigenvalue weighted by Crippen LogP contribution is -2.33. The Kier molecular flexibility index (Phi) is 4.56. The van der Waals surface area contributed by atoms with E-state index in [0.29, 0.717) is 12.1 Å². The van der Waals surface area contributed by atoms with Crippen LogP contribution >= 0.6 is 0 Å². The fourth-order valence-electron chi connectivity index (χ4n) is 2.92. The van der Waals surface area contributed by atoms with Crippen LogP contribution in [0.5, 0.6) is 0 Å². The molecule has 0 spiro atoms. The Morgan fingerprint density at radius 1 is 1.00 bits per heavy atom. The maximum Gasteiger partial charge on any atom is 0.0592 e. The van der Waals surface area contributed by atoms with Gasteiger partial charge in [-0.25, -0.2) is 0 Å². The van der Waals surface area contributed by atoms with Gasteiger partial charge in [-0.15, -0.1) is 0 Å². The van der Waals surface area contributed by atoms with Gasteiger partial charge in [-0.2, -0.15) is 0 Å². The Labute approximate surface area is 127 Å². The van der Waals surface area contributed by atoms with E-state index in [0.717, 1.165) is 25.9 Å². The lowest BCUT2D eigenvalue weighted by Gasteiger charge is -2.30. The summed E-state index contributed by atoms with van der Waals surface area (Å²) in [4.78, 5) is 0. The first kappa shape index (κ1) is 14.2. The maximum absolute atomic E-state index is 5.73. The van der Waals surface area contributed by atoms with Crippen LogP contribution in [0.4, 0.5) is 5.69 Å². The second-order valence-electron chi connectivity index (χ2n) is 5.71. The largest absolute Gasteiger partial charge is 0.382 e. The van der Waals surface area contributed by atoms with Crippen molar-refractivity contribution in [1.29, 1.82) is 0 Å². The van der Waals surface area contributed by atoms with Crippen LogP contribution in [-0.4, -0.2) is 18.8 Å². The van der Waals surface area contributed by atoms with Crippen molar-refractivity contribution in [3.8, 4) is 11.1 Å². The van der Waals surface area contributed by atoms with Gasteiger partial charge in [0.15, 0.2) is 0 Å². The van der Waals surface area contributed by atoms with E-state index in [1.165, 1.54) is 16.8 Å². The third-order valence-corrected chi connectivity index (χ3v) is 4.19. The van der Waals surface area contributed by atoms with Crippen LogP contribution < -0.4 is 5.32 Å². The molecule has 1 fully saturated rings. The monoisotopic (exact) mass is 281 g/mol. The molecular weight excluding hydrogens is 258 g/mol. The van der Waals surface area contributed by atoms with Crippen LogP contribution in [0.25, 0.3) is 11.1 Å². The van der Waals surface area contributed by atoms with E-state index < -0.39 is 0 Å². The molecule has 110 valence electrons. The number of hydrogen-bond donors (Lipinski definition) is 1. The van der Waals surface area contributed by atoms with Gasteiger partial charge in [0.25, 0.3) is 0 Å². The highest BCUT2D eigenvalue weighted by Gasteiger charge is 2.20. The van der Waals surface area contributed by atoms with Crippen LogP contribution in [0.15, 0.2) is 54.6 Å². The number of ether oxygens (including phenoxy) is 1. The molecule has 2 aromatic rings. The minimum atomic E-state index is 0.417. The molecule has 0 aromatic heterocycles. The predicted molar refractivity (Wildman–Crippen MR) is 88.6 cm³/mol. The number of hydrogen-bond acceptors (Lipinski definition) is 2. The van der Waals surface area contributed by atoms with E-state index in [1.807, 2.05) is 0 Å². The summed E-state index contributed by atoms with van der Waals surface area (Å²) in [7, 11) is 0. The molecule has 21 heavy (non-hydrogen) atoms. The molecule has 1 N–H and O–H groups in total. The van der Waals surface area contributed by atoms with Gasteiger partial charge in [-0.3, -0.25) is 0 Å². The summed E-state index contributed by atoms with van der Waals surface area (Å²) in [6, 6.07) is 19.8. The van der Waals surface area contributed by atoms with Gasteiger partial charge in [-0.1, -0.05) is 49.4 Å². The zero-order chi connectivity index (χ0) is 14.5. The highest BCUT2D eigenvalue weighted by molar-refractivity contribution is 5.65. The molecule has 0 saturated carbocycles. The predicted octanol–water partition coefficient (Wildman–Crippen LogP) is 4.72. The lowest BCUT2D eigenvalue weighted by molar-refractivity contribution is 0.00926. The van der Waals surface area contributed by atoms with Crippen molar-refractivity contribution in [2.24, 2.45) is 0 Å². The second kappa shape index (κ2) is 6.77. The average molecular weight is 281 g/mol. The smallest absolute Gasteiger partial charge is 0.0592 e. The van der Waals surface area contributed by atoms with Crippen molar-refractivity contribution in [2.75, 3.05) is 11.9 Å². The Hall–Kier alpha value is -1.80. The Bertz CT molecular complexity index is 550. The average Bonchev–Trinajstić information content (AvgIpc) is 2.56. The molecule has 1 heterocycles. The van der Waals surface area contributed by atoms with Gasteiger partial charge in [0, 0.05) is 18.3 Å². The fraction of sp³-hybridized carbons (Fsp3) is 0.368. The second-order valence-corrected chi connectivity index (χ2v) is 5.71. The van der Waals surface area contributed by atoms with Gasteiger partial charge < -0.3 is 10.1 Å². The molecule has 0 radical (unpaired) electrons. The molecule has 1 aliphatic heterocycles. The van der Waals surface area contributed by atoms with E-state index in [9.17, 15) is 0 Å². The van der Waals surface area contributed by atoms with Gasteiger partial charge >= 0.3 is 0 Å². The zero-order valence-electron chi connectivity index (χ0n) is 12.6. The number of rotatable bonds is 4. The first-order valence-corrected chi connectivity index (χ1v) is 7.89. The Morgan fingerprint density at radius 3 is 2.43 bits per heavy atom. The Balaban J connectivity index is 1.65. The summed E-state index contributed by atoms with van der Waals surface area (Å²) >= 11 is 0. The summed E-state index contributed by atoms with van der Waals surface area (Å²) in [5, 5.41) is 3.64. The molecule has 0 amide bonds. The molecule has 0 aliphatic carbocycles. The fourth-order valence-corrected chi connectivity index (χ4v) is 2.92. The topological polar surface area (TPSA) is 21.3 Å². The molecule has 1 aliphatic rings. The molecule has 3 rings (SSSR count). The Morgan fingerprint density at radius 2 is 1.71 bits per heavy atom. The van der Waals surface area contributed by atoms with Crippen LogP contribution in [-0.2, 0) is 4.74 Å². The lowest BCUT2D eigenvalue weighted by atomic mass is 10.0. The van der Waals surface area contributed by atoms with Crippen LogP contribution in [0.3, 0.4) is 0 Å². The molecule has 2 unspecified atom stereocenters. The highest BCUT2D eigenvalue weighted by atomic mass is 16.5. The molecule has 2 aromatic carbocycles. The van der Waals surface area contributed by atoms with Crippen molar-refractivity contribution >= 4 is 5.69 Å². The molecular formula is C19H23NO.